The zero-order valence-corrected chi connectivity index (χ0v) is 14.7. The van der Waals surface area contributed by atoms with Crippen LogP contribution in [0.2, 0.25) is 0 Å². The van der Waals surface area contributed by atoms with Crippen molar-refractivity contribution in [3.8, 4) is 0 Å². The Balaban J connectivity index is 2.42. The fourth-order valence-electron chi connectivity index (χ4n) is 2.44. The highest BCUT2D eigenvalue weighted by Crippen LogP contribution is 2.35. The molecule has 0 saturated carbocycles. The van der Waals surface area contributed by atoms with Gasteiger partial charge in [-0.3, -0.25) is 4.90 Å². The van der Waals surface area contributed by atoms with E-state index in [4.69, 9.17) is 4.74 Å². The molecule has 0 atom stereocenters. The first-order chi connectivity index (χ1) is 10.1. The van der Waals surface area contributed by atoms with Crippen molar-refractivity contribution in [2.75, 3.05) is 24.0 Å². The molecule has 1 aromatic carbocycles. The van der Waals surface area contributed by atoms with Gasteiger partial charge in [0.1, 0.15) is 5.60 Å². The minimum atomic E-state index is -2.24. The van der Waals surface area contributed by atoms with Gasteiger partial charge in [-0.15, -0.1) is 0 Å². The Morgan fingerprint density at radius 2 is 2.00 bits per heavy atom. The van der Waals surface area contributed by atoms with Gasteiger partial charge in [-0.1, -0.05) is 6.07 Å². The lowest BCUT2D eigenvalue weighted by atomic mass is 10.0. The van der Waals surface area contributed by atoms with E-state index in [1.807, 2.05) is 39.0 Å². The maximum absolute atomic E-state index is 12.4. The summed E-state index contributed by atoms with van der Waals surface area (Å²) >= 11 is 0. The van der Waals surface area contributed by atoms with E-state index in [1.165, 1.54) is 0 Å². The van der Waals surface area contributed by atoms with Gasteiger partial charge in [0.05, 0.1) is 11.4 Å². The van der Waals surface area contributed by atoms with E-state index in [-0.39, 0.29) is 6.09 Å². The molecule has 122 valence electrons. The second kappa shape index (κ2) is 5.91. The van der Waals surface area contributed by atoms with Gasteiger partial charge in [-0.2, -0.15) is 4.36 Å². The van der Waals surface area contributed by atoms with Gasteiger partial charge in [0.25, 0.3) is 0 Å². The van der Waals surface area contributed by atoms with E-state index in [1.54, 1.807) is 17.4 Å². The molecule has 0 aromatic heterocycles. The summed E-state index contributed by atoms with van der Waals surface area (Å²) in [6, 6.07) is 5.58. The van der Waals surface area contributed by atoms with Crippen LogP contribution in [0.15, 0.2) is 22.6 Å². The Labute approximate surface area is 132 Å². The molecule has 1 aromatic rings. The lowest BCUT2D eigenvalue weighted by molar-refractivity contribution is 0.0578. The smallest absolute Gasteiger partial charge is 0.414 e. The van der Waals surface area contributed by atoms with Crippen LogP contribution in [0.1, 0.15) is 32.8 Å². The number of hydrogen-bond donors (Lipinski definition) is 0. The molecule has 0 unspecified atom stereocenters. The van der Waals surface area contributed by atoms with E-state index < -0.39 is 15.3 Å². The number of rotatable bonds is 1. The molecule has 0 bridgehead atoms. The van der Waals surface area contributed by atoms with Crippen molar-refractivity contribution in [2.45, 2.75) is 39.2 Å². The van der Waals surface area contributed by atoms with Gasteiger partial charge >= 0.3 is 6.09 Å². The largest absolute Gasteiger partial charge is 0.443 e. The van der Waals surface area contributed by atoms with E-state index in [9.17, 15) is 9.00 Å². The normalized spacial score (nSPS) is 15.2. The van der Waals surface area contributed by atoms with E-state index >= 15 is 0 Å². The molecule has 2 rings (SSSR count). The molecule has 0 fully saturated rings. The third-order valence-electron chi connectivity index (χ3n) is 3.16. The molecule has 0 saturated heterocycles. The highest BCUT2D eigenvalue weighted by atomic mass is 32.2. The number of ether oxygens (including phenoxy) is 1. The molecule has 0 aliphatic carbocycles. The highest BCUT2D eigenvalue weighted by molar-refractivity contribution is 7.92. The second-order valence-corrected chi connectivity index (χ2v) is 9.33. The van der Waals surface area contributed by atoms with Crippen LogP contribution in [0.4, 0.5) is 16.2 Å². The maximum Gasteiger partial charge on any atom is 0.414 e. The number of carbonyl (C=O) groups excluding carboxylic acids is 1. The predicted molar refractivity (Wildman–Crippen MR) is 90.4 cm³/mol. The minimum Gasteiger partial charge on any atom is -0.443 e. The molecule has 1 heterocycles. The van der Waals surface area contributed by atoms with Crippen LogP contribution >= 0.6 is 0 Å². The summed E-state index contributed by atoms with van der Waals surface area (Å²) in [5, 5.41) is 0. The van der Waals surface area contributed by atoms with Gasteiger partial charge in [0.2, 0.25) is 0 Å². The van der Waals surface area contributed by atoms with Crippen LogP contribution in [-0.2, 0) is 20.9 Å². The van der Waals surface area contributed by atoms with E-state index in [2.05, 4.69) is 4.36 Å². The van der Waals surface area contributed by atoms with Crippen molar-refractivity contribution >= 4 is 27.2 Å². The van der Waals surface area contributed by atoms with Crippen LogP contribution in [0.3, 0.4) is 0 Å². The third-order valence-corrected chi connectivity index (χ3v) is 3.79. The molecular weight excluding hydrogens is 300 g/mol. The van der Waals surface area contributed by atoms with Crippen LogP contribution in [-0.4, -0.2) is 35.0 Å². The van der Waals surface area contributed by atoms with Crippen molar-refractivity contribution in [3.63, 3.8) is 0 Å². The Hall–Kier alpha value is -1.56. The lowest BCUT2D eigenvalue weighted by Crippen LogP contribution is -2.39. The van der Waals surface area contributed by atoms with Gasteiger partial charge in [-0.05, 0) is 45.7 Å². The summed E-state index contributed by atoms with van der Waals surface area (Å²) in [4.78, 5) is 14.0. The number of carbonyl (C=O) groups is 1. The minimum absolute atomic E-state index is 0.348. The highest BCUT2D eigenvalue weighted by Gasteiger charge is 2.28. The predicted octanol–water partition coefficient (Wildman–Crippen LogP) is 3.73. The lowest BCUT2D eigenvalue weighted by Gasteiger charge is -2.32. The van der Waals surface area contributed by atoms with E-state index in [0.29, 0.717) is 12.2 Å². The summed E-state index contributed by atoms with van der Waals surface area (Å²) in [6.07, 6.45) is 4.54. The quantitative estimate of drug-likeness (QED) is 0.791. The number of anilines is 1. The Morgan fingerprint density at radius 1 is 1.32 bits per heavy atom. The summed E-state index contributed by atoms with van der Waals surface area (Å²) in [7, 11) is -2.24. The molecule has 5 nitrogen and oxygen atoms in total. The maximum atomic E-state index is 12.4. The molecular formula is C16H24N2O3S. The molecule has 0 N–H and O–H groups in total. The molecule has 0 spiro atoms. The zero-order chi connectivity index (χ0) is 16.5. The van der Waals surface area contributed by atoms with Crippen molar-refractivity contribution in [2.24, 2.45) is 4.36 Å². The van der Waals surface area contributed by atoms with Crippen LogP contribution < -0.4 is 4.90 Å². The van der Waals surface area contributed by atoms with Crippen molar-refractivity contribution < 1.29 is 13.7 Å². The van der Waals surface area contributed by atoms with Crippen LogP contribution in [0.25, 0.3) is 0 Å². The molecule has 1 aliphatic heterocycles. The topological polar surface area (TPSA) is 59.0 Å². The van der Waals surface area contributed by atoms with Gasteiger partial charge in [0, 0.05) is 34.3 Å². The number of fused-ring (bicyclic) bond motifs is 1. The van der Waals surface area contributed by atoms with Crippen molar-refractivity contribution in [1.29, 1.82) is 0 Å². The monoisotopic (exact) mass is 324 g/mol. The molecule has 22 heavy (non-hydrogen) atoms. The van der Waals surface area contributed by atoms with Crippen molar-refractivity contribution in [3.05, 3.63) is 23.8 Å². The summed E-state index contributed by atoms with van der Waals surface area (Å²) in [6.45, 7) is 6.18. The molecule has 1 aliphatic rings. The first-order valence-electron chi connectivity index (χ1n) is 7.36. The van der Waals surface area contributed by atoms with E-state index in [0.717, 1.165) is 24.1 Å². The SMILES string of the molecule is CC(C)(C)OC(=O)N1CCCc2c(N=S(C)(C)=O)cccc21. The van der Waals surface area contributed by atoms with Gasteiger partial charge in [-0.25, -0.2) is 9.00 Å². The molecule has 6 heteroatoms. The second-order valence-electron chi connectivity index (χ2n) is 6.78. The standard InChI is InChI=1S/C16H24N2O3S/c1-16(2,3)21-15(19)18-11-7-8-12-13(17-22(4,5)20)9-6-10-14(12)18/h6,9-10H,7-8,11H2,1-5H3. The molecule has 0 radical (unpaired) electrons. The van der Waals surface area contributed by atoms with Gasteiger partial charge < -0.3 is 4.74 Å². The first kappa shape index (κ1) is 16.8. The van der Waals surface area contributed by atoms with Crippen LogP contribution in [0.5, 0.6) is 0 Å². The van der Waals surface area contributed by atoms with Crippen LogP contribution in [0, 0.1) is 0 Å². The fourth-order valence-corrected chi connectivity index (χ4v) is 3.08. The summed E-state index contributed by atoms with van der Waals surface area (Å²) in [5.74, 6) is 0. The zero-order valence-electron chi connectivity index (χ0n) is 13.9. The van der Waals surface area contributed by atoms with Gasteiger partial charge in [0.15, 0.2) is 0 Å². The Morgan fingerprint density at radius 3 is 2.59 bits per heavy atom. The average molecular weight is 324 g/mol. The number of amides is 1. The summed E-state index contributed by atoms with van der Waals surface area (Å²) < 4.78 is 21.8. The third kappa shape index (κ3) is 4.22. The Bertz CT molecular complexity index is 690. The first-order valence-corrected chi connectivity index (χ1v) is 9.69. The molecule has 1 amide bonds. The number of nitrogens with zero attached hydrogens (tertiary/aromatic N) is 2. The Kier molecular flexibility index (Phi) is 4.52. The average Bonchev–Trinajstić information content (AvgIpc) is 2.34. The number of hydrogen-bond acceptors (Lipinski definition) is 4. The number of benzene rings is 1. The van der Waals surface area contributed by atoms with Crippen molar-refractivity contribution in [1.82, 2.24) is 0 Å². The summed E-state index contributed by atoms with van der Waals surface area (Å²) in [5.41, 5.74) is 1.96. The fraction of sp³-hybridized carbons (Fsp3) is 0.562.